The molecule has 0 N–H and O–H groups in total. The third kappa shape index (κ3) is 4.02. The van der Waals surface area contributed by atoms with Crippen LogP contribution < -0.4 is 4.74 Å². The highest BCUT2D eigenvalue weighted by molar-refractivity contribution is 6.14. The summed E-state index contributed by atoms with van der Waals surface area (Å²) in [4.78, 5) is 12.3. The molecule has 0 radical (unpaired) electrons. The average molecular weight is 331 g/mol. The lowest BCUT2D eigenvalue weighted by Crippen LogP contribution is -2.05. The highest BCUT2D eigenvalue weighted by atomic mass is 19.4. The lowest BCUT2D eigenvalue weighted by Gasteiger charge is -2.07. The van der Waals surface area contributed by atoms with Crippen molar-refractivity contribution in [3.8, 4) is 11.8 Å². The molecule has 0 aliphatic heterocycles. The summed E-state index contributed by atoms with van der Waals surface area (Å²) in [5.41, 5.74) is -0.719. The first-order chi connectivity index (χ1) is 11.3. The van der Waals surface area contributed by atoms with E-state index in [2.05, 4.69) is 0 Å². The lowest BCUT2D eigenvalue weighted by molar-refractivity contribution is -0.137. The largest absolute Gasteiger partial charge is 0.497 e. The number of hydrogen-bond donors (Lipinski definition) is 0. The fourth-order valence-corrected chi connectivity index (χ4v) is 2.02. The van der Waals surface area contributed by atoms with Gasteiger partial charge in [0.1, 0.15) is 17.4 Å². The number of nitrogens with zero attached hydrogens (tertiary/aromatic N) is 1. The quantitative estimate of drug-likeness (QED) is 0.471. The van der Waals surface area contributed by atoms with Crippen molar-refractivity contribution in [2.75, 3.05) is 7.11 Å². The van der Waals surface area contributed by atoms with Gasteiger partial charge in [0.05, 0.1) is 12.7 Å². The molecule has 0 aliphatic carbocycles. The lowest BCUT2D eigenvalue weighted by atomic mass is 10.0. The number of allylic oxidation sites excluding steroid dienone is 1. The van der Waals surface area contributed by atoms with Crippen LogP contribution in [0.5, 0.6) is 5.75 Å². The minimum atomic E-state index is -4.49. The van der Waals surface area contributed by atoms with E-state index in [1.807, 2.05) is 0 Å². The van der Waals surface area contributed by atoms with Gasteiger partial charge in [-0.25, -0.2) is 0 Å². The molecule has 0 amide bonds. The number of hydrogen-bond acceptors (Lipinski definition) is 3. The molecule has 0 atom stereocenters. The molecular formula is C18H12F3NO2. The van der Waals surface area contributed by atoms with Gasteiger partial charge in [-0.2, -0.15) is 18.4 Å². The fraction of sp³-hybridized carbons (Fsp3) is 0.111. The molecule has 0 heterocycles. The van der Waals surface area contributed by atoms with E-state index in [1.165, 1.54) is 31.4 Å². The molecule has 6 heteroatoms. The SMILES string of the molecule is COc1ccc(C(=O)/C(C#N)=C/c2cccc(C(F)(F)F)c2)cc1. The van der Waals surface area contributed by atoms with Gasteiger partial charge in [-0.15, -0.1) is 0 Å². The second-order valence-electron chi connectivity index (χ2n) is 4.85. The molecule has 0 aliphatic rings. The Balaban J connectivity index is 2.35. The standard InChI is InChI=1S/C18H12F3NO2/c1-24-16-7-5-13(6-8-16)17(23)14(11-22)9-12-3-2-4-15(10-12)18(19,20)21/h2-10H,1H3/b14-9+. The average Bonchev–Trinajstić information content (AvgIpc) is 2.58. The second kappa shape index (κ2) is 7.01. The van der Waals surface area contributed by atoms with Gasteiger partial charge in [0, 0.05) is 5.56 Å². The zero-order valence-corrected chi connectivity index (χ0v) is 12.6. The number of rotatable bonds is 4. The Labute approximate surface area is 136 Å². The zero-order valence-electron chi connectivity index (χ0n) is 12.6. The number of alkyl halides is 3. The smallest absolute Gasteiger partial charge is 0.416 e. The van der Waals surface area contributed by atoms with Crippen LogP contribution in [-0.4, -0.2) is 12.9 Å². The first kappa shape index (κ1) is 17.3. The molecule has 0 spiro atoms. The molecule has 0 fully saturated rings. The Hall–Kier alpha value is -3.07. The number of ether oxygens (including phenoxy) is 1. The summed E-state index contributed by atoms with van der Waals surface area (Å²) in [6, 6.07) is 12.3. The number of nitriles is 1. The van der Waals surface area contributed by atoms with Crippen LogP contribution in [0.2, 0.25) is 0 Å². The van der Waals surface area contributed by atoms with E-state index in [0.717, 1.165) is 18.2 Å². The first-order valence-corrected chi connectivity index (χ1v) is 6.83. The number of carbonyl (C=O) groups is 1. The topological polar surface area (TPSA) is 50.1 Å². The highest BCUT2D eigenvalue weighted by Crippen LogP contribution is 2.30. The van der Waals surface area contributed by atoms with E-state index < -0.39 is 17.5 Å². The third-order valence-electron chi connectivity index (χ3n) is 3.24. The predicted octanol–water partition coefficient (Wildman–Crippen LogP) is 4.50. The van der Waals surface area contributed by atoms with Crippen LogP contribution in [0.15, 0.2) is 54.1 Å². The van der Waals surface area contributed by atoms with Crippen molar-refractivity contribution in [3.05, 3.63) is 70.8 Å². The van der Waals surface area contributed by atoms with Crippen molar-refractivity contribution < 1.29 is 22.7 Å². The van der Waals surface area contributed by atoms with Crippen LogP contribution in [0.25, 0.3) is 6.08 Å². The molecule has 2 aromatic carbocycles. The van der Waals surface area contributed by atoms with E-state index in [0.29, 0.717) is 5.75 Å². The molecule has 0 saturated carbocycles. The summed E-state index contributed by atoms with van der Waals surface area (Å²) >= 11 is 0. The van der Waals surface area contributed by atoms with Crippen LogP contribution >= 0.6 is 0 Å². The van der Waals surface area contributed by atoms with Crippen LogP contribution in [0, 0.1) is 11.3 Å². The summed E-state index contributed by atoms with van der Waals surface area (Å²) in [5.74, 6) is -0.0236. The molecule has 0 bridgehead atoms. The number of carbonyl (C=O) groups excluding carboxylic acids is 1. The Morgan fingerprint density at radius 1 is 1.17 bits per heavy atom. The van der Waals surface area contributed by atoms with Crippen molar-refractivity contribution in [1.29, 1.82) is 5.26 Å². The van der Waals surface area contributed by atoms with Crippen LogP contribution in [0.3, 0.4) is 0 Å². The minimum absolute atomic E-state index is 0.128. The van der Waals surface area contributed by atoms with Gasteiger partial charge in [0.15, 0.2) is 0 Å². The molecule has 3 nitrogen and oxygen atoms in total. The summed E-state index contributed by atoms with van der Waals surface area (Å²) in [7, 11) is 1.48. The third-order valence-corrected chi connectivity index (χ3v) is 3.24. The van der Waals surface area contributed by atoms with Crippen LogP contribution in [0.1, 0.15) is 21.5 Å². The maximum Gasteiger partial charge on any atom is 0.416 e. The normalized spacial score (nSPS) is 11.7. The Morgan fingerprint density at radius 2 is 1.83 bits per heavy atom. The van der Waals surface area contributed by atoms with E-state index in [1.54, 1.807) is 18.2 Å². The van der Waals surface area contributed by atoms with Gasteiger partial charge in [-0.05, 0) is 48.0 Å². The van der Waals surface area contributed by atoms with Crippen molar-refractivity contribution in [2.24, 2.45) is 0 Å². The van der Waals surface area contributed by atoms with Crippen LogP contribution in [-0.2, 0) is 6.18 Å². The van der Waals surface area contributed by atoms with Crippen molar-refractivity contribution in [2.45, 2.75) is 6.18 Å². The Kier molecular flexibility index (Phi) is 5.05. The summed E-state index contributed by atoms with van der Waals surface area (Å²) in [5, 5.41) is 9.16. The van der Waals surface area contributed by atoms with Gasteiger partial charge in [0.25, 0.3) is 0 Å². The van der Waals surface area contributed by atoms with E-state index >= 15 is 0 Å². The molecule has 0 aromatic heterocycles. The maximum atomic E-state index is 12.7. The minimum Gasteiger partial charge on any atom is -0.497 e. The number of ketones is 1. The number of methoxy groups -OCH3 is 1. The summed E-state index contributed by atoms with van der Waals surface area (Å²) in [6.07, 6.45) is -3.35. The van der Waals surface area contributed by atoms with Gasteiger partial charge in [-0.1, -0.05) is 12.1 Å². The molecule has 0 unspecified atom stereocenters. The maximum absolute atomic E-state index is 12.7. The van der Waals surface area contributed by atoms with E-state index in [4.69, 9.17) is 10.00 Å². The predicted molar refractivity (Wildman–Crippen MR) is 82.4 cm³/mol. The molecule has 2 rings (SSSR count). The van der Waals surface area contributed by atoms with E-state index in [-0.39, 0.29) is 16.7 Å². The summed E-state index contributed by atoms with van der Waals surface area (Å²) < 4.78 is 43.1. The van der Waals surface area contributed by atoms with E-state index in [9.17, 15) is 18.0 Å². The Bertz CT molecular complexity index is 815. The summed E-state index contributed by atoms with van der Waals surface area (Å²) in [6.45, 7) is 0. The highest BCUT2D eigenvalue weighted by Gasteiger charge is 2.30. The molecule has 122 valence electrons. The van der Waals surface area contributed by atoms with Crippen molar-refractivity contribution >= 4 is 11.9 Å². The van der Waals surface area contributed by atoms with Crippen molar-refractivity contribution in [3.63, 3.8) is 0 Å². The number of halogens is 3. The number of Topliss-reactive ketones (excluding diaryl/α,β-unsaturated/α-hetero) is 1. The fourth-order valence-electron chi connectivity index (χ4n) is 2.02. The molecule has 0 saturated heterocycles. The Morgan fingerprint density at radius 3 is 2.38 bits per heavy atom. The number of benzene rings is 2. The van der Waals surface area contributed by atoms with Gasteiger partial charge in [0.2, 0.25) is 5.78 Å². The second-order valence-corrected chi connectivity index (χ2v) is 4.85. The van der Waals surface area contributed by atoms with Crippen molar-refractivity contribution in [1.82, 2.24) is 0 Å². The first-order valence-electron chi connectivity index (χ1n) is 6.83. The van der Waals surface area contributed by atoms with Gasteiger partial charge in [-0.3, -0.25) is 4.79 Å². The molecule has 24 heavy (non-hydrogen) atoms. The molecular weight excluding hydrogens is 319 g/mol. The van der Waals surface area contributed by atoms with Gasteiger partial charge >= 0.3 is 6.18 Å². The van der Waals surface area contributed by atoms with Gasteiger partial charge < -0.3 is 4.74 Å². The molecule has 2 aromatic rings. The van der Waals surface area contributed by atoms with Crippen LogP contribution in [0.4, 0.5) is 13.2 Å². The zero-order chi connectivity index (χ0) is 17.7. The monoisotopic (exact) mass is 331 g/mol.